The average molecular weight is 214 g/mol. The molecule has 0 aromatic heterocycles. The molecule has 0 atom stereocenters. The molecule has 1 saturated heterocycles. The zero-order valence-electron chi connectivity index (χ0n) is 11.6. The molecule has 0 aromatic rings. The van der Waals surface area contributed by atoms with Crippen molar-refractivity contribution in [3.05, 3.63) is 0 Å². The quantitative estimate of drug-likeness (QED) is 0.697. The van der Waals surface area contributed by atoms with Crippen LogP contribution >= 0.6 is 0 Å². The largest absolute Gasteiger partial charge is 0.304 e. The highest BCUT2D eigenvalue weighted by Gasteiger charge is 2.16. The fourth-order valence-corrected chi connectivity index (χ4v) is 1.57. The molecule has 0 aromatic carbocycles. The fraction of sp³-hybridized carbons (Fsp3) is 1.00. The van der Waals surface area contributed by atoms with Gasteiger partial charge < -0.3 is 9.80 Å². The maximum atomic E-state index is 2.59. The highest BCUT2D eigenvalue weighted by atomic mass is 15.2. The summed E-state index contributed by atoms with van der Waals surface area (Å²) in [6.07, 6.45) is 1.32. The predicted molar refractivity (Wildman–Crippen MR) is 69.4 cm³/mol. The van der Waals surface area contributed by atoms with Crippen LogP contribution in [0.5, 0.6) is 0 Å². The Hall–Kier alpha value is -0.0800. The molecule has 0 radical (unpaired) electrons. The van der Waals surface area contributed by atoms with Crippen molar-refractivity contribution in [3.63, 3.8) is 0 Å². The van der Waals surface area contributed by atoms with Gasteiger partial charge in [0.1, 0.15) is 0 Å². The van der Waals surface area contributed by atoms with Gasteiger partial charge in [-0.15, -0.1) is 0 Å². The molecule has 1 rings (SSSR count). The highest BCUT2D eigenvalue weighted by molar-refractivity contribution is 4.71. The third-order valence-electron chi connectivity index (χ3n) is 2.77. The molecule has 2 nitrogen and oxygen atoms in total. The molecule has 1 aliphatic heterocycles. The van der Waals surface area contributed by atoms with Crippen LogP contribution in [0.1, 0.15) is 41.0 Å². The topological polar surface area (TPSA) is 6.48 Å². The SMILES string of the molecule is CC.CN1CCN(CCC(C)(C)C)CC1. The molecular formula is C13H30N2. The van der Waals surface area contributed by atoms with Crippen molar-refractivity contribution in [1.82, 2.24) is 9.80 Å². The van der Waals surface area contributed by atoms with Crippen LogP contribution in [0.4, 0.5) is 0 Å². The lowest BCUT2D eigenvalue weighted by atomic mass is 9.92. The first-order valence-corrected chi connectivity index (χ1v) is 6.38. The maximum absolute atomic E-state index is 2.59. The molecule has 15 heavy (non-hydrogen) atoms. The van der Waals surface area contributed by atoms with E-state index >= 15 is 0 Å². The minimum atomic E-state index is 0.489. The Morgan fingerprint density at radius 2 is 1.40 bits per heavy atom. The van der Waals surface area contributed by atoms with Gasteiger partial charge in [0.05, 0.1) is 0 Å². The molecule has 1 fully saturated rings. The Balaban J connectivity index is 0.000000921. The van der Waals surface area contributed by atoms with E-state index < -0.39 is 0 Å². The minimum Gasteiger partial charge on any atom is -0.304 e. The molecule has 0 unspecified atom stereocenters. The van der Waals surface area contributed by atoms with Gasteiger partial charge in [-0.05, 0) is 25.4 Å². The van der Waals surface area contributed by atoms with Gasteiger partial charge in [-0.25, -0.2) is 0 Å². The molecular weight excluding hydrogens is 184 g/mol. The Kier molecular flexibility index (Phi) is 7.20. The third kappa shape index (κ3) is 7.80. The number of piperazine rings is 1. The van der Waals surface area contributed by atoms with Crippen molar-refractivity contribution >= 4 is 0 Å². The number of likely N-dealkylation sites (N-methyl/N-ethyl adjacent to an activating group) is 1. The van der Waals surface area contributed by atoms with E-state index in [2.05, 4.69) is 37.6 Å². The molecule has 0 amide bonds. The van der Waals surface area contributed by atoms with Gasteiger partial charge in [-0.3, -0.25) is 0 Å². The Morgan fingerprint density at radius 1 is 0.933 bits per heavy atom. The number of hydrogen-bond acceptors (Lipinski definition) is 2. The second kappa shape index (κ2) is 7.24. The van der Waals surface area contributed by atoms with Crippen LogP contribution in [0.3, 0.4) is 0 Å². The second-order valence-corrected chi connectivity index (χ2v) is 5.46. The van der Waals surface area contributed by atoms with E-state index in [1.807, 2.05) is 13.8 Å². The molecule has 0 spiro atoms. The zero-order valence-corrected chi connectivity index (χ0v) is 11.6. The van der Waals surface area contributed by atoms with Crippen LogP contribution in [-0.2, 0) is 0 Å². The van der Waals surface area contributed by atoms with Crippen LogP contribution in [0, 0.1) is 5.41 Å². The predicted octanol–water partition coefficient (Wildman–Crippen LogP) is 2.70. The molecule has 1 heterocycles. The molecule has 2 heteroatoms. The molecule has 0 N–H and O–H groups in total. The van der Waals surface area contributed by atoms with Gasteiger partial charge in [0, 0.05) is 26.2 Å². The van der Waals surface area contributed by atoms with Gasteiger partial charge in [0.2, 0.25) is 0 Å². The van der Waals surface area contributed by atoms with Gasteiger partial charge in [-0.1, -0.05) is 34.6 Å². The van der Waals surface area contributed by atoms with E-state index in [0.717, 1.165) is 0 Å². The van der Waals surface area contributed by atoms with Gasteiger partial charge in [0.25, 0.3) is 0 Å². The summed E-state index contributed by atoms with van der Waals surface area (Å²) in [6, 6.07) is 0. The average Bonchev–Trinajstić information content (AvgIpc) is 2.19. The Labute approximate surface area is 96.6 Å². The first kappa shape index (κ1) is 14.9. The summed E-state index contributed by atoms with van der Waals surface area (Å²) in [6.45, 7) is 17.2. The monoisotopic (exact) mass is 214 g/mol. The van der Waals surface area contributed by atoms with Crippen molar-refractivity contribution in [1.29, 1.82) is 0 Å². The molecule has 0 saturated carbocycles. The summed E-state index contributed by atoms with van der Waals surface area (Å²) in [5.74, 6) is 0. The lowest BCUT2D eigenvalue weighted by molar-refractivity contribution is 0.139. The summed E-state index contributed by atoms with van der Waals surface area (Å²) in [5, 5.41) is 0. The number of hydrogen-bond donors (Lipinski definition) is 0. The van der Waals surface area contributed by atoms with Crippen LogP contribution < -0.4 is 0 Å². The highest BCUT2D eigenvalue weighted by Crippen LogP contribution is 2.19. The second-order valence-electron chi connectivity index (χ2n) is 5.46. The van der Waals surface area contributed by atoms with Crippen LogP contribution in [0.25, 0.3) is 0 Å². The van der Waals surface area contributed by atoms with Crippen molar-refractivity contribution in [2.24, 2.45) is 5.41 Å². The lowest BCUT2D eigenvalue weighted by Crippen LogP contribution is -2.45. The Morgan fingerprint density at radius 3 is 1.80 bits per heavy atom. The molecule has 92 valence electrons. The normalized spacial score (nSPS) is 19.6. The summed E-state index contributed by atoms with van der Waals surface area (Å²) < 4.78 is 0. The van der Waals surface area contributed by atoms with E-state index in [1.165, 1.54) is 39.1 Å². The third-order valence-corrected chi connectivity index (χ3v) is 2.77. The standard InChI is InChI=1S/C11H24N2.C2H6/c1-11(2,3)5-6-13-9-7-12(4)8-10-13;1-2/h5-10H2,1-4H3;1-2H3. The maximum Gasteiger partial charge on any atom is 0.0110 e. The molecule has 1 aliphatic rings. The first-order valence-electron chi connectivity index (χ1n) is 6.38. The van der Waals surface area contributed by atoms with Gasteiger partial charge in [-0.2, -0.15) is 0 Å². The fourth-order valence-electron chi connectivity index (χ4n) is 1.57. The van der Waals surface area contributed by atoms with Crippen molar-refractivity contribution in [2.45, 2.75) is 41.0 Å². The Bertz CT molecular complexity index is 141. The summed E-state index contributed by atoms with van der Waals surface area (Å²) >= 11 is 0. The summed E-state index contributed by atoms with van der Waals surface area (Å²) in [4.78, 5) is 5.00. The minimum absolute atomic E-state index is 0.489. The zero-order chi connectivity index (χ0) is 11.9. The van der Waals surface area contributed by atoms with E-state index in [9.17, 15) is 0 Å². The van der Waals surface area contributed by atoms with Gasteiger partial charge >= 0.3 is 0 Å². The van der Waals surface area contributed by atoms with Crippen molar-refractivity contribution in [2.75, 3.05) is 39.8 Å². The van der Waals surface area contributed by atoms with E-state index in [4.69, 9.17) is 0 Å². The number of rotatable bonds is 2. The molecule has 0 bridgehead atoms. The van der Waals surface area contributed by atoms with Crippen molar-refractivity contribution in [3.8, 4) is 0 Å². The number of nitrogens with zero attached hydrogens (tertiary/aromatic N) is 2. The summed E-state index contributed by atoms with van der Waals surface area (Å²) in [5.41, 5.74) is 0.489. The van der Waals surface area contributed by atoms with E-state index in [0.29, 0.717) is 5.41 Å². The van der Waals surface area contributed by atoms with Crippen LogP contribution in [-0.4, -0.2) is 49.6 Å². The molecule has 0 aliphatic carbocycles. The lowest BCUT2D eigenvalue weighted by Gasteiger charge is -2.33. The van der Waals surface area contributed by atoms with Crippen LogP contribution in [0.2, 0.25) is 0 Å². The summed E-state index contributed by atoms with van der Waals surface area (Å²) in [7, 11) is 2.21. The van der Waals surface area contributed by atoms with E-state index in [1.54, 1.807) is 0 Å². The smallest absolute Gasteiger partial charge is 0.0110 e. The van der Waals surface area contributed by atoms with E-state index in [-0.39, 0.29) is 0 Å². The van der Waals surface area contributed by atoms with Crippen LogP contribution in [0.15, 0.2) is 0 Å². The first-order chi connectivity index (χ1) is 6.97. The van der Waals surface area contributed by atoms with Gasteiger partial charge in [0.15, 0.2) is 0 Å². The van der Waals surface area contributed by atoms with Crippen molar-refractivity contribution < 1.29 is 0 Å².